The van der Waals surface area contributed by atoms with Gasteiger partial charge < -0.3 is 14.7 Å². The highest BCUT2D eigenvalue weighted by Gasteiger charge is 2.30. The summed E-state index contributed by atoms with van der Waals surface area (Å²) in [6, 6.07) is 13.8. The van der Waals surface area contributed by atoms with Crippen molar-refractivity contribution in [3.63, 3.8) is 0 Å². The van der Waals surface area contributed by atoms with E-state index >= 15 is 0 Å². The summed E-state index contributed by atoms with van der Waals surface area (Å²) in [7, 11) is 0. The van der Waals surface area contributed by atoms with Crippen LogP contribution in [-0.4, -0.2) is 65.9 Å². The lowest BCUT2D eigenvalue weighted by atomic mass is 9.92. The summed E-state index contributed by atoms with van der Waals surface area (Å²) in [5.41, 5.74) is 2.06. The first-order chi connectivity index (χ1) is 17.0. The zero-order valence-electron chi connectivity index (χ0n) is 20.7. The molecule has 0 N–H and O–H groups in total. The molecule has 1 aromatic heterocycles. The molecule has 0 saturated carbocycles. The lowest BCUT2D eigenvalue weighted by molar-refractivity contribution is -0.133. The summed E-state index contributed by atoms with van der Waals surface area (Å²) in [6.45, 7) is 6.79. The van der Waals surface area contributed by atoms with Crippen molar-refractivity contribution < 1.29 is 9.59 Å². The molecular weight excluding hydrogens is 460 g/mol. The van der Waals surface area contributed by atoms with E-state index in [0.29, 0.717) is 30.6 Å². The van der Waals surface area contributed by atoms with E-state index < -0.39 is 0 Å². The van der Waals surface area contributed by atoms with E-state index in [9.17, 15) is 9.59 Å². The zero-order chi connectivity index (χ0) is 24.6. The first-order valence-corrected chi connectivity index (χ1v) is 13.3. The van der Waals surface area contributed by atoms with E-state index in [4.69, 9.17) is 11.6 Å². The first kappa shape index (κ1) is 25.6. The van der Waals surface area contributed by atoms with Gasteiger partial charge in [0.05, 0.1) is 0 Å². The second-order valence-corrected chi connectivity index (χ2v) is 10.4. The van der Waals surface area contributed by atoms with Crippen LogP contribution in [0.1, 0.15) is 44.7 Å². The van der Waals surface area contributed by atoms with Crippen LogP contribution in [0.5, 0.6) is 0 Å². The number of likely N-dealkylation sites (tertiary alicyclic amines) is 2. The second kappa shape index (κ2) is 12.5. The molecule has 188 valence electrons. The molecule has 0 radical (unpaired) electrons. The van der Waals surface area contributed by atoms with E-state index in [2.05, 4.69) is 22.0 Å². The summed E-state index contributed by atoms with van der Waals surface area (Å²) in [4.78, 5) is 36.0. The Labute approximate surface area is 214 Å². The maximum Gasteiger partial charge on any atom is 0.230 e. The lowest BCUT2D eigenvalue weighted by Gasteiger charge is -2.35. The molecule has 0 unspecified atom stereocenters. The molecule has 1 aromatic carbocycles. The molecule has 0 spiro atoms. The molecule has 7 heteroatoms. The van der Waals surface area contributed by atoms with Crippen LogP contribution < -0.4 is 4.90 Å². The number of carbonyl (C=O) groups excluding carboxylic acids is 2. The van der Waals surface area contributed by atoms with Crippen LogP contribution in [0.4, 0.5) is 5.69 Å². The van der Waals surface area contributed by atoms with Gasteiger partial charge in [0.15, 0.2) is 0 Å². The monoisotopic (exact) mass is 496 g/mol. The van der Waals surface area contributed by atoms with E-state index in [1.807, 2.05) is 46.3 Å². The lowest BCUT2D eigenvalue weighted by Crippen LogP contribution is -2.45. The highest BCUT2D eigenvalue weighted by Crippen LogP contribution is 2.26. The number of benzene rings is 1. The number of rotatable bonds is 8. The number of hydrogen-bond acceptors (Lipinski definition) is 4. The molecule has 2 aliphatic rings. The van der Waals surface area contributed by atoms with Crippen molar-refractivity contribution >= 4 is 29.1 Å². The Kier molecular flexibility index (Phi) is 9.16. The van der Waals surface area contributed by atoms with Gasteiger partial charge in [0.2, 0.25) is 11.8 Å². The van der Waals surface area contributed by atoms with Gasteiger partial charge in [0, 0.05) is 55.1 Å². The summed E-state index contributed by atoms with van der Waals surface area (Å²) < 4.78 is 0. The van der Waals surface area contributed by atoms with Crippen LogP contribution in [0.25, 0.3) is 0 Å². The maximum atomic E-state index is 13.5. The van der Waals surface area contributed by atoms with Gasteiger partial charge >= 0.3 is 0 Å². The number of nitrogens with zero attached hydrogens (tertiary/aromatic N) is 4. The molecule has 2 amide bonds. The third kappa shape index (κ3) is 7.28. The predicted octanol–water partition coefficient (Wildman–Crippen LogP) is 4.67. The largest absolute Gasteiger partial charge is 0.343 e. The summed E-state index contributed by atoms with van der Waals surface area (Å²) in [6.07, 6.45) is 7.71. The van der Waals surface area contributed by atoms with Gasteiger partial charge in [-0.1, -0.05) is 23.7 Å². The third-order valence-electron chi connectivity index (χ3n) is 7.46. The van der Waals surface area contributed by atoms with Gasteiger partial charge in [0.1, 0.15) is 0 Å². The minimum atomic E-state index is -0.0491. The van der Waals surface area contributed by atoms with E-state index in [0.717, 1.165) is 51.0 Å². The van der Waals surface area contributed by atoms with Crippen LogP contribution in [0.3, 0.4) is 0 Å². The van der Waals surface area contributed by atoms with Gasteiger partial charge in [-0.05, 0) is 94.4 Å². The van der Waals surface area contributed by atoms with Crippen molar-refractivity contribution in [2.24, 2.45) is 11.8 Å². The maximum absolute atomic E-state index is 13.5. The molecule has 6 nitrogen and oxygen atoms in total. The van der Waals surface area contributed by atoms with Gasteiger partial charge in [-0.25, -0.2) is 0 Å². The van der Waals surface area contributed by atoms with E-state index in [1.54, 1.807) is 6.92 Å². The van der Waals surface area contributed by atoms with Crippen molar-refractivity contribution in [1.82, 2.24) is 14.8 Å². The number of halogens is 1. The summed E-state index contributed by atoms with van der Waals surface area (Å²) >= 11 is 6.27. The van der Waals surface area contributed by atoms with Gasteiger partial charge in [-0.3, -0.25) is 14.6 Å². The number of carbonyl (C=O) groups is 2. The average Bonchev–Trinajstić information content (AvgIpc) is 2.88. The normalized spacial score (nSPS) is 17.9. The van der Waals surface area contributed by atoms with Crippen LogP contribution in [-0.2, 0) is 16.0 Å². The highest BCUT2D eigenvalue weighted by atomic mass is 35.5. The molecule has 35 heavy (non-hydrogen) atoms. The van der Waals surface area contributed by atoms with Gasteiger partial charge in [0.25, 0.3) is 0 Å². The third-order valence-corrected chi connectivity index (χ3v) is 7.70. The Morgan fingerprint density at radius 2 is 1.80 bits per heavy atom. The molecule has 0 aliphatic carbocycles. The molecular formula is C28H37ClN4O2. The van der Waals surface area contributed by atoms with Crippen LogP contribution in [0.2, 0.25) is 5.02 Å². The van der Waals surface area contributed by atoms with E-state index in [-0.39, 0.29) is 17.7 Å². The number of aromatic nitrogens is 1. The quantitative estimate of drug-likeness (QED) is 0.533. The minimum Gasteiger partial charge on any atom is -0.343 e. The predicted molar refractivity (Wildman–Crippen MR) is 141 cm³/mol. The standard InChI is InChI=1S/C28H37ClN4O2/c1-22(34)32-18-11-24(12-19-32)28(35)33(27-8-4-6-25(29)21-27)15-5-14-31-16-9-23(10-17-31)20-26-7-2-3-13-30-26/h2-4,6-8,13,21,23-24H,5,9-12,14-20H2,1H3. The number of anilines is 1. The Hall–Kier alpha value is -2.44. The van der Waals surface area contributed by atoms with Crippen molar-refractivity contribution in [1.29, 1.82) is 0 Å². The van der Waals surface area contributed by atoms with Crippen molar-refractivity contribution in [3.05, 3.63) is 59.4 Å². The molecule has 4 rings (SSSR count). The molecule has 2 fully saturated rings. The van der Waals surface area contributed by atoms with Crippen LogP contribution in [0, 0.1) is 11.8 Å². The minimum absolute atomic E-state index is 0.0491. The Balaban J connectivity index is 1.29. The van der Waals surface area contributed by atoms with Crippen molar-refractivity contribution in [3.8, 4) is 0 Å². The number of pyridine rings is 1. The number of piperidine rings is 2. The number of hydrogen-bond donors (Lipinski definition) is 0. The fourth-order valence-corrected chi connectivity index (χ4v) is 5.54. The average molecular weight is 497 g/mol. The fraction of sp³-hybridized carbons (Fsp3) is 0.536. The Bertz CT molecular complexity index is 970. The smallest absolute Gasteiger partial charge is 0.230 e. The van der Waals surface area contributed by atoms with Gasteiger partial charge in [-0.2, -0.15) is 0 Å². The first-order valence-electron chi connectivity index (χ1n) is 12.9. The molecule has 2 aliphatic heterocycles. The van der Waals surface area contributed by atoms with Crippen LogP contribution in [0.15, 0.2) is 48.7 Å². The van der Waals surface area contributed by atoms with Crippen molar-refractivity contribution in [2.45, 2.75) is 45.4 Å². The molecule has 3 heterocycles. The Morgan fingerprint density at radius 3 is 2.46 bits per heavy atom. The van der Waals surface area contributed by atoms with Crippen molar-refractivity contribution in [2.75, 3.05) is 44.2 Å². The van der Waals surface area contributed by atoms with Crippen LogP contribution >= 0.6 is 11.6 Å². The highest BCUT2D eigenvalue weighted by molar-refractivity contribution is 6.30. The SMILES string of the molecule is CC(=O)N1CCC(C(=O)N(CCCN2CCC(Cc3ccccn3)CC2)c2cccc(Cl)c2)CC1. The summed E-state index contributed by atoms with van der Waals surface area (Å²) in [5.74, 6) is 0.898. The summed E-state index contributed by atoms with van der Waals surface area (Å²) in [5, 5.41) is 0.640. The molecule has 0 atom stereocenters. The molecule has 0 bridgehead atoms. The zero-order valence-corrected chi connectivity index (χ0v) is 21.5. The van der Waals surface area contributed by atoms with Gasteiger partial charge in [-0.15, -0.1) is 0 Å². The van der Waals surface area contributed by atoms with E-state index in [1.165, 1.54) is 18.5 Å². The second-order valence-electron chi connectivity index (χ2n) is 9.91. The topological polar surface area (TPSA) is 56.8 Å². The molecule has 2 saturated heterocycles. The Morgan fingerprint density at radius 1 is 1.03 bits per heavy atom. The molecule has 2 aromatic rings. The number of amides is 2. The fourth-order valence-electron chi connectivity index (χ4n) is 5.35.